The van der Waals surface area contributed by atoms with E-state index in [1.165, 1.54) is 89.9 Å². The largest absolute Gasteiger partial charge is 0.472 e. The van der Waals surface area contributed by atoms with Crippen molar-refractivity contribution in [2.75, 3.05) is 47.5 Å². The van der Waals surface area contributed by atoms with Gasteiger partial charge >= 0.3 is 19.8 Å². The number of carbonyl (C=O) groups excluding carboxylic acids is 2. The summed E-state index contributed by atoms with van der Waals surface area (Å²) < 4.78 is 34.2. The van der Waals surface area contributed by atoms with Crippen LogP contribution in [0.2, 0.25) is 0 Å². The maximum absolute atomic E-state index is 12.7. The fourth-order valence-electron chi connectivity index (χ4n) is 5.90. The highest BCUT2D eigenvalue weighted by atomic mass is 31.2. The summed E-state index contributed by atoms with van der Waals surface area (Å²) in [6, 6.07) is 0. The lowest BCUT2D eigenvalue weighted by molar-refractivity contribution is -0.870. The molecule has 58 heavy (non-hydrogen) atoms. The fourth-order valence-corrected chi connectivity index (χ4v) is 6.64. The molecule has 336 valence electrons. The molecule has 0 spiro atoms. The zero-order chi connectivity index (χ0) is 42.8. The van der Waals surface area contributed by atoms with E-state index in [9.17, 15) is 19.0 Å². The molecule has 0 saturated carbocycles. The SMILES string of the molecule is CCCCC/C=C/C/C=C/C/C=C/C/C=C/CCCCCC(=O)OC[C@H](COP(=O)(O)OCC[N+](C)(C)C)OC(=O)CC/C=C/CCCCCCCCCCCCC. The number of phosphoric acid groups is 1. The molecule has 0 aliphatic rings. The van der Waals surface area contributed by atoms with Crippen LogP contribution in [0.5, 0.6) is 0 Å². The van der Waals surface area contributed by atoms with Gasteiger partial charge in [-0.2, -0.15) is 0 Å². The van der Waals surface area contributed by atoms with Crippen LogP contribution in [-0.4, -0.2) is 74.9 Å². The van der Waals surface area contributed by atoms with Crippen LogP contribution in [0.25, 0.3) is 0 Å². The van der Waals surface area contributed by atoms with E-state index in [0.29, 0.717) is 23.9 Å². The molecule has 0 amide bonds. The maximum Gasteiger partial charge on any atom is 0.472 e. The van der Waals surface area contributed by atoms with Gasteiger partial charge in [0.25, 0.3) is 0 Å². The number of allylic oxidation sites excluding steroid dienone is 10. The van der Waals surface area contributed by atoms with Crippen molar-refractivity contribution in [1.29, 1.82) is 0 Å². The van der Waals surface area contributed by atoms with Crippen LogP contribution in [0.15, 0.2) is 60.8 Å². The molecule has 0 aromatic heterocycles. The lowest BCUT2D eigenvalue weighted by atomic mass is 10.1. The minimum atomic E-state index is -4.39. The van der Waals surface area contributed by atoms with Crippen molar-refractivity contribution in [2.24, 2.45) is 0 Å². The molecule has 0 rings (SSSR count). The lowest BCUT2D eigenvalue weighted by Gasteiger charge is -2.24. The van der Waals surface area contributed by atoms with Crippen LogP contribution in [-0.2, 0) is 32.7 Å². The predicted octanol–water partition coefficient (Wildman–Crippen LogP) is 13.2. The lowest BCUT2D eigenvalue weighted by Crippen LogP contribution is -2.37. The molecule has 9 nitrogen and oxygen atoms in total. The first kappa shape index (κ1) is 55.7. The summed E-state index contributed by atoms with van der Waals surface area (Å²) in [5.41, 5.74) is 0. The highest BCUT2D eigenvalue weighted by molar-refractivity contribution is 7.47. The summed E-state index contributed by atoms with van der Waals surface area (Å²) in [7, 11) is 1.43. The van der Waals surface area contributed by atoms with Crippen molar-refractivity contribution in [3.63, 3.8) is 0 Å². The zero-order valence-corrected chi connectivity index (χ0v) is 38.7. The molecule has 0 fully saturated rings. The molecule has 0 heterocycles. The second-order valence-corrected chi connectivity index (χ2v) is 17.9. The summed E-state index contributed by atoms with van der Waals surface area (Å²) in [5.74, 6) is -0.893. The third-order valence-electron chi connectivity index (χ3n) is 9.53. The Bertz CT molecular complexity index is 1170. The Hall–Kier alpha value is -2.29. The van der Waals surface area contributed by atoms with Gasteiger partial charge in [0.1, 0.15) is 19.8 Å². The molecule has 0 bridgehead atoms. The van der Waals surface area contributed by atoms with Gasteiger partial charge in [-0.3, -0.25) is 18.6 Å². The van der Waals surface area contributed by atoms with Crippen molar-refractivity contribution >= 4 is 19.8 Å². The first-order chi connectivity index (χ1) is 28.0. The standard InChI is InChI=1S/C48H86NO8P/c1-6-8-10-12-14-16-18-20-22-23-24-25-27-28-30-32-34-36-38-40-47(50)54-44-46(45-56-58(52,53)55-43-42-49(3,4)5)57-48(51)41-39-37-35-33-31-29-26-21-19-17-15-13-11-9-7-2/h14,16,20,22,24-25,28,30,35,37,46H,6-13,15,17-19,21,23,26-27,29,31-34,36,38-45H2,1-5H3/p+1/b16-14+,22-20+,25-24+,30-28+,37-35+/t46-/m1/s1. The number of unbranched alkanes of at least 4 members (excludes halogenated alkanes) is 17. The summed E-state index contributed by atoms with van der Waals surface area (Å²) in [5, 5.41) is 0. The van der Waals surface area contributed by atoms with E-state index < -0.39 is 32.5 Å². The Balaban J connectivity index is 4.44. The minimum Gasteiger partial charge on any atom is -0.462 e. The first-order valence-corrected chi connectivity index (χ1v) is 24.5. The molecule has 1 unspecified atom stereocenters. The quantitative estimate of drug-likeness (QED) is 0.0213. The van der Waals surface area contributed by atoms with Crippen LogP contribution in [0, 0.1) is 0 Å². The molecule has 1 N–H and O–H groups in total. The Labute approximate surface area is 356 Å². The van der Waals surface area contributed by atoms with E-state index in [4.69, 9.17) is 18.5 Å². The third kappa shape index (κ3) is 43.3. The molecular weight excluding hydrogens is 750 g/mol. The third-order valence-corrected chi connectivity index (χ3v) is 10.5. The summed E-state index contributed by atoms with van der Waals surface area (Å²) in [6.45, 7) is 4.31. The fraction of sp³-hybridized carbons (Fsp3) is 0.750. The molecule has 0 aliphatic heterocycles. The topological polar surface area (TPSA) is 108 Å². The van der Waals surface area contributed by atoms with Crippen LogP contribution in [0.3, 0.4) is 0 Å². The molecule has 0 aliphatic carbocycles. The van der Waals surface area contributed by atoms with Gasteiger partial charge < -0.3 is 18.9 Å². The Morgan fingerprint density at radius 2 is 0.966 bits per heavy atom. The van der Waals surface area contributed by atoms with Gasteiger partial charge in [-0.05, 0) is 70.6 Å². The normalized spacial score (nSPS) is 14.1. The summed E-state index contributed by atoms with van der Waals surface area (Å²) >= 11 is 0. The van der Waals surface area contributed by atoms with Crippen LogP contribution in [0.1, 0.15) is 181 Å². The van der Waals surface area contributed by atoms with Crippen molar-refractivity contribution in [3.05, 3.63) is 60.8 Å². The van der Waals surface area contributed by atoms with Gasteiger partial charge in [-0.1, -0.05) is 158 Å². The number of quaternary nitrogens is 1. The monoisotopic (exact) mass is 837 g/mol. The average Bonchev–Trinajstić information content (AvgIpc) is 3.17. The van der Waals surface area contributed by atoms with E-state index in [1.807, 2.05) is 27.2 Å². The van der Waals surface area contributed by atoms with Gasteiger partial charge in [-0.15, -0.1) is 0 Å². The van der Waals surface area contributed by atoms with Crippen LogP contribution < -0.4 is 0 Å². The van der Waals surface area contributed by atoms with Gasteiger partial charge in [0.05, 0.1) is 27.7 Å². The number of rotatable bonds is 41. The molecule has 0 aromatic rings. The summed E-state index contributed by atoms with van der Waals surface area (Å²) in [6.07, 6.45) is 48.5. The number of ether oxygens (including phenoxy) is 2. The zero-order valence-electron chi connectivity index (χ0n) is 37.8. The number of esters is 2. The van der Waals surface area contributed by atoms with E-state index in [2.05, 4.69) is 68.5 Å². The van der Waals surface area contributed by atoms with Gasteiger partial charge in [0.15, 0.2) is 6.10 Å². The number of likely N-dealkylation sites (N-methyl/N-ethyl adjacent to an activating group) is 1. The number of carbonyl (C=O) groups is 2. The van der Waals surface area contributed by atoms with Crippen LogP contribution >= 0.6 is 7.82 Å². The van der Waals surface area contributed by atoms with Gasteiger partial charge in [0, 0.05) is 12.8 Å². The van der Waals surface area contributed by atoms with Crippen molar-refractivity contribution < 1.29 is 42.1 Å². The number of nitrogens with zero attached hydrogens (tertiary/aromatic N) is 1. The minimum absolute atomic E-state index is 0.0185. The highest BCUT2D eigenvalue weighted by Crippen LogP contribution is 2.43. The molecule has 10 heteroatoms. The molecule has 0 radical (unpaired) electrons. The Kier molecular flexibility index (Phi) is 38.5. The average molecular weight is 837 g/mol. The van der Waals surface area contributed by atoms with Gasteiger partial charge in [-0.25, -0.2) is 4.57 Å². The second kappa shape index (κ2) is 40.1. The van der Waals surface area contributed by atoms with E-state index >= 15 is 0 Å². The van der Waals surface area contributed by atoms with E-state index in [0.717, 1.165) is 51.4 Å². The van der Waals surface area contributed by atoms with E-state index in [1.54, 1.807) is 0 Å². The van der Waals surface area contributed by atoms with Gasteiger partial charge in [0.2, 0.25) is 0 Å². The highest BCUT2D eigenvalue weighted by Gasteiger charge is 2.27. The number of hydrogen-bond acceptors (Lipinski definition) is 7. The number of hydrogen-bond donors (Lipinski definition) is 1. The Morgan fingerprint density at radius 1 is 0.534 bits per heavy atom. The van der Waals surface area contributed by atoms with Crippen LogP contribution in [0.4, 0.5) is 0 Å². The van der Waals surface area contributed by atoms with Crippen molar-refractivity contribution in [2.45, 2.75) is 187 Å². The maximum atomic E-state index is 12.7. The molecule has 0 aromatic carbocycles. The van der Waals surface area contributed by atoms with Crippen molar-refractivity contribution in [3.8, 4) is 0 Å². The van der Waals surface area contributed by atoms with Crippen molar-refractivity contribution in [1.82, 2.24) is 0 Å². The molecular formula is C48H87NO8P+. The first-order valence-electron chi connectivity index (χ1n) is 23.0. The second-order valence-electron chi connectivity index (χ2n) is 16.4. The van der Waals surface area contributed by atoms with E-state index in [-0.39, 0.29) is 26.1 Å². The predicted molar refractivity (Wildman–Crippen MR) is 243 cm³/mol. The Morgan fingerprint density at radius 3 is 1.50 bits per heavy atom. The summed E-state index contributed by atoms with van der Waals surface area (Å²) in [4.78, 5) is 35.4. The molecule has 0 saturated heterocycles. The number of phosphoric ester groups is 1. The molecule has 2 atom stereocenters. The smallest absolute Gasteiger partial charge is 0.462 e.